The molecule has 29 heavy (non-hydrogen) atoms. The Morgan fingerprint density at radius 1 is 1.17 bits per heavy atom. The van der Waals surface area contributed by atoms with Crippen molar-refractivity contribution in [3.63, 3.8) is 0 Å². The van der Waals surface area contributed by atoms with Crippen molar-refractivity contribution in [2.75, 3.05) is 0 Å². The Bertz CT molecular complexity index is 1120. The second-order valence-corrected chi connectivity index (χ2v) is 8.68. The number of thiophene rings is 1. The molecule has 1 N–H and O–H groups in total. The first-order valence-electron chi connectivity index (χ1n) is 9.41. The molecule has 0 bridgehead atoms. The number of halogens is 1. The second kappa shape index (κ2) is 8.01. The quantitative estimate of drug-likeness (QED) is 0.490. The third-order valence-corrected chi connectivity index (χ3v) is 6.20. The fraction of sp³-hybridized carbons (Fsp3) is 0.217. The predicted octanol–water partition coefficient (Wildman–Crippen LogP) is 6.03. The number of furan rings is 1. The molecule has 6 heteroatoms. The zero-order chi connectivity index (χ0) is 20.5. The standard InChI is InChI=1S/C23H20ClNO3S/c1-13-11-18(14(2)28-13)23(27)25-20(22(26)15-7-8-15)12-16-9-10-21(29-16)17-5-3-4-6-19(17)24/h3-6,9-12,15H,7-8H2,1-2H3,(H,25,27)/b20-12-. The molecular weight excluding hydrogens is 406 g/mol. The maximum Gasteiger partial charge on any atom is 0.259 e. The van der Waals surface area contributed by atoms with Gasteiger partial charge in [0, 0.05) is 26.3 Å². The Morgan fingerprint density at radius 2 is 1.93 bits per heavy atom. The number of Topliss-reactive ketones (excluding diaryl/α,β-unsaturated/α-hetero) is 1. The van der Waals surface area contributed by atoms with Crippen LogP contribution >= 0.6 is 22.9 Å². The lowest BCUT2D eigenvalue weighted by Gasteiger charge is -2.08. The molecule has 1 amide bonds. The number of amides is 1. The van der Waals surface area contributed by atoms with Gasteiger partial charge in [0.15, 0.2) is 5.78 Å². The molecule has 1 aliphatic rings. The molecule has 1 saturated carbocycles. The summed E-state index contributed by atoms with van der Waals surface area (Å²) in [7, 11) is 0. The summed E-state index contributed by atoms with van der Waals surface area (Å²) < 4.78 is 5.44. The van der Waals surface area contributed by atoms with Crippen LogP contribution in [0.4, 0.5) is 0 Å². The van der Waals surface area contributed by atoms with Crippen LogP contribution in [0.2, 0.25) is 5.02 Å². The number of rotatable bonds is 6. The van der Waals surface area contributed by atoms with Crippen LogP contribution < -0.4 is 5.32 Å². The first-order chi connectivity index (χ1) is 13.9. The Labute approximate surface area is 178 Å². The van der Waals surface area contributed by atoms with E-state index >= 15 is 0 Å². The number of carbonyl (C=O) groups excluding carboxylic acids is 2. The van der Waals surface area contributed by atoms with Gasteiger partial charge < -0.3 is 9.73 Å². The van der Waals surface area contributed by atoms with Gasteiger partial charge in [-0.25, -0.2) is 0 Å². The minimum atomic E-state index is -0.331. The fourth-order valence-electron chi connectivity index (χ4n) is 3.16. The maximum atomic E-state index is 12.8. The Balaban J connectivity index is 1.63. The van der Waals surface area contributed by atoms with E-state index in [4.69, 9.17) is 16.0 Å². The Morgan fingerprint density at radius 3 is 2.59 bits per heavy atom. The highest BCUT2D eigenvalue weighted by Gasteiger charge is 2.33. The molecule has 3 aromatic rings. The number of hydrogen-bond acceptors (Lipinski definition) is 4. The van der Waals surface area contributed by atoms with Crippen LogP contribution in [0.5, 0.6) is 0 Å². The zero-order valence-corrected chi connectivity index (χ0v) is 17.7. The summed E-state index contributed by atoms with van der Waals surface area (Å²) in [5.74, 6) is 0.841. The van der Waals surface area contributed by atoms with E-state index in [0.717, 1.165) is 28.2 Å². The molecule has 148 valence electrons. The molecule has 0 aliphatic heterocycles. The Kier molecular flexibility index (Phi) is 5.43. The number of allylic oxidation sites excluding steroid dienone is 1. The van der Waals surface area contributed by atoms with Crippen LogP contribution in [-0.2, 0) is 4.79 Å². The third kappa shape index (κ3) is 4.36. The molecule has 0 atom stereocenters. The van der Waals surface area contributed by atoms with E-state index in [1.807, 2.05) is 36.4 Å². The van der Waals surface area contributed by atoms with E-state index < -0.39 is 0 Å². The fourth-order valence-corrected chi connectivity index (χ4v) is 4.44. The summed E-state index contributed by atoms with van der Waals surface area (Å²) in [6.07, 6.45) is 3.49. The summed E-state index contributed by atoms with van der Waals surface area (Å²) in [6, 6.07) is 13.2. The van der Waals surface area contributed by atoms with Gasteiger partial charge >= 0.3 is 0 Å². The summed E-state index contributed by atoms with van der Waals surface area (Å²) in [5, 5.41) is 3.49. The lowest BCUT2D eigenvalue weighted by molar-refractivity contribution is -0.116. The molecule has 0 radical (unpaired) electrons. The molecule has 0 unspecified atom stereocenters. The molecule has 1 aliphatic carbocycles. The minimum absolute atomic E-state index is 0.00302. The normalized spacial score (nSPS) is 14.1. The predicted molar refractivity (Wildman–Crippen MR) is 116 cm³/mol. The van der Waals surface area contributed by atoms with Crippen LogP contribution in [0.1, 0.15) is 39.6 Å². The number of benzene rings is 1. The summed E-state index contributed by atoms with van der Waals surface area (Å²) in [5.41, 5.74) is 1.71. The SMILES string of the molecule is Cc1cc(C(=O)N/C(=C\c2ccc(-c3ccccc3Cl)s2)C(=O)C2CC2)c(C)o1. The first-order valence-corrected chi connectivity index (χ1v) is 10.6. The number of aryl methyl sites for hydroxylation is 2. The highest BCUT2D eigenvalue weighted by atomic mass is 35.5. The second-order valence-electron chi connectivity index (χ2n) is 7.16. The van der Waals surface area contributed by atoms with Crippen molar-refractivity contribution in [3.05, 3.63) is 75.1 Å². The summed E-state index contributed by atoms with van der Waals surface area (Å²) >= 11 is 7.82. The monoisotopic (exact) mass is 425 g/mol. The molecule has 4 rings (SSSR count). The van der Waals surface area contributed by atoms with Gasteiger partial charge in [0.2, 0.25) is 0 Å². The van der Waals surface area contributed by atoms with Crippen molar-refractivity contribution >= 4 is 40.7 Å². The third-order valence-electron chi connectivity index (χ3n) is 4.80. The minimum Gasteiger partial charge on any atom is -0.466 e. The average Bonchev–Trinajstić information content (AvgIpc) is 3.34. The molecule has 0 saturated heterocycles. The maximum absolute atomic E-state index is 12.8. The van der Waals surface area contributed by atoms with Gasteiger partial charge in [0.05, 0.1) is 11.3 Å². The lowest BCUT2D eigenvalue weighted by Crippen LogP contribution is -2.28. The van der Waals surface area contributed by atoms with E-state index in [9.17, 15) is 9.59 Å². The molecule has 1 aromatic carbocycles. The zero-order valence-electron chi connectivity index (χ0n) is 16.1. The molecule has 4 nitrogen and oxygen atoms in total. The van der Waals surface area contributed by atoms with Gasteiger partial charge in [-0.2, -0.15) is 0 Å². The summed E-state index contributed by atoms with van der Waals surface area (Å²) in [4.78, 5) is 27.4. The largest absolute Gasteiger partial charge is 0.466 e. The summed E-state index contributed by atoms with van der Waals surface area (Å²) in [6.45, 7) is 3.53. The van der Waals surface area contributed by atoms with Crippen LogP contribution in [0, 0.1) is 19.8 Å². The highest BCUT2D eigenvalue weighted by molar-refractivity contribution is 7.16. The average molecular weight is 426 g/mol. The van der Waals surface area contributed by atoms with E-state index in [1.54, 1.807) is 26.0 Å². The van der Waals surface area contributed by atoms with E-state index in [0.29, 0.717) is 27.8 Å². The Hall–Kier alpha value is -2.63. The van der Waals surface area contributed by atoms with Crippen LogP contribution in [0.15, 0.2) is 52.6 Å². The van der Waals surface area contributed by atoms with E-state index in [2.05, 4.69) is 5.32 Å². The van der Waals surface area contributed by atoms with Crippen molar-refractivity contribution in [1.82, 2.24) is 5.32 Å². The van der Waals surface area contributed by atoms with Crippen LogP contribution in [-0.4, -0.2) is 11.7 Å². The van der Waals surface area contributed by atoms with Gasteiger partial charge in [0.1, 0.15) is 11.5 Å². The van der Waals surface area contributed by atoms with Gasteiger partial charge in [-0.3, -0.25) is 9.59 Å². The number of carbonyl (C=O) groups is 2. The van der Waals surface area contributed by atoms with Crippen molar-refractivity contribution < 1.29 is 14.0 Å². The first kappa shape index (κ1) is 19.7. The van der Waals surface area contributed by atoms with Crippen LogP contribution in [0.3, 0.4) is 0 Å². The molecule has 0 spiro atoms. The number of hydrogen-bond donors (Lipinski definition) is 1. The van der Waals surface area contributed by atoms with E-state index in [-0.39, 0.29) is 17.6 Å². The number of nitrogens with one attached hydrogen (secondary N) is 1. The lowest BCUT2D eigenvalue weighted by atomic mass is 10.1. The van der Waals surface area contributed by atoms with E-state index in [1.165, 1.54) is 11.3 Å². The van der Waals surface area contributed by atoms with Crippen LogP contribution in [0.25, 0.3) is 16.5 Å². The van der Waals surface area contributed by atoms with Crippen molar-refractivity contribution in [3.8, 4) is 10.4 Å². The topological polar surface area (TPSA) is 59.3 Å². The smallest absolute Gasteiger partial charge is 0.259 e. The number of ketones is 1. The molecule has 2 aromatic heterocycles. The molecular formula is C23H20ClNO3S. The van der Waals surface area contributed by atoms with Gasteiger partial charge in [-0.15, -0.1) is 11.3 Å². The van der Waals surface area contributed by atoms with Crippen molar-refractivity contribution in [2.24, 2.45) is 5.92 Å². The van der Waals surface area contributed by atoms with Gasteiger partial charge in [-0.1, -0.05) is 29.8 Å². The molecule has 1 fully saturated rings. The van der Waals surface area contributed by atoms with Crippen molar-refractivity contribution in [1.29, 1.82) is 0 Å². The van der Waals surface area contributed by atoms with Gasteiger partial charge in [-0.05, 0) is 57.0 Å². The van der Waals surface area contributed by atoms with Crippen molar-refractivity contribution in [2.45, 2.75) is 26.7 Å². The van der Waals surface area contributed by atoms with Gasteiger partial charge in [0.25, 0.3) is 5.91 Å². The molecule has 2 heterocycles. The highest BCUT2D eigenvalue weighted by Crippen LogP contribution is 2.35.